The van der Waals surface area contributed by atoms with Gasteiger partial charge in [-0.1, -0.05) is 12.1 Å². The van der Waals surface area contributed by atoms with Gasteiger partial charge in [0.05, 0.1) is 26.9 Å². The van der Waals surface area contributed by atoms with Crippen molar-refractivity contribution in [2.45, 2.75) is 36.6 Å². The molecule has 3 aromatic rings. The first-order valence-electron chi connectivity index (χ1n) is 10.8. The molecule has 168 valence electrons. The van der Waals surface area contributed by atoms with E-state index in [1.807, 2.05) is 29.2 Å². The Morgan fingerprint density at radius 3 is 2.75 bits per heavy atom. The number of hydrogen-bond donors (Lipinski definition) is 0. The minimum atomic E-state index is -3.63. The minimum Gasteiger partial charge on any atom is -0.486 e. The number of amides is 1. The average Bonchev–Trinajstić information content (AvgIpc) is 3.26. The van der Waals surface area contributed by atoms with Crippen molar-refractivity contribution in [2.75, 3.05) is 25.5 Å². The Morgan fingerprint density at radius 1 is 1.09 bits per heavy atom. The van der Waals surface area contributed by atoms with Gasteiger partial charge in [0.25, 0.3) is 0 Å². The number of hydrogen-bond acceptors (Lipinski definition) is 7. The van der Waals surface area contributed by atoms with Gasteiger partial charge in [0.2, 0.25) is 5.91 Å². The van der Waals surface area contributed by atoms with Gasteiger partial charge < -0.3 is 14.4 Å². The molecule has 1 aromatic heterocycles. The Morgan fingerprint density at radius 2 is 1.91 bits per heavy atom. The molecule has 1 saturated heterocycles. The number of ether oxygens (including phenoxy) is 2. The summed E-state index contributed by atoms with van der Waals surface area (Å²) in [6.45, 7) is 1.46. The van der Waals surface area contributed by atoms with Crippen LogP contribution in [-0.2, 0) is 14.6 Å². The monoisotopic (exact) mass is 472 g/mol. The third-order valence-electron chi connectivity index (χ3n) is 5.88. The number of fused-ring (bicyclic) bond motifs is 2. The number of thiazole rings is 1. The molecule has 5 rings (SSSR count). The first kappa shape index (κ1) is 21.2. The van der Waals surface area contributed by atoms with Crippen molar-refractivity contribution in [1.82, 2.24) is 9.88 Å². The second-order valence-electron chi connectivity index (χ2n) is 7.99. The van der Waals surface area contributed by atoms with Crippen LogP contribution >= 0.6 is 11.3 Å². The minimum absolute atomic E-state index is 0.0574. The number of para-hydroxylation sites is 1. The van der Waals surface area contributed by atoms with E-state index in [0.29, 0.717) is 31.3 Å². The highest BCUT2D eigenvalue weighted by Gasteiger charge is 2.31. The lowest BCUT2D eigenvalue weighted by atomic mass is 10.0. The van der Waals surface area contributed by atoms with Gasteiger partial charge in [-0.3, -0.25) is 4.79 Å². The first-order valence-corrected chi connectivity index (χ1v) is 13.3. The maximum atomic E-state index is 13.1. The third kappa shape index (κ3) is 4.19. The number of carbonyl (C=O) groups is 1. The predicted octanol–water partition coefficient (Wildman–Crippen LogP) is 3.99. The predicted molar refractivity (Wildman–Crippen MR) is 122 cm³/mol. The topological polar surface area (TPSA) is 85.8 Å². The van der Waals surface area contributed by atoms with Crippen LogP contribution in [0.1, 0.15) is 36.7 Å². The van der Waals surface area contributed by atoms with E-state index in [0.717, 1.165) is 34.5 Å². The van der Waals surface area contributed by atoms with Crippen molar-refractivity contribution < 1.29 is 22.7 Å². The van der Waals surface area contributed by atoms with E-state index < -0.39 is 9.84 Å². The van der Waals surface area contributed by atoms with Gasteiger partial charge in [-0.2, -0.15) is 0 Å². The molecule has 9 heteroatoms. The van der Waals surface area contributed by atoms with Crippen LogP contribution in [0.3, 0.4) is 0 Å². The lowest BCUT2D eigenvalue weighted by Crippen LogP contribution is -2.39. The molecule has 0 unspecified atom stereocenters. The largest absolute Gasteiger partial charge is 0.486 e. The zero-order valence-corrected chi connectivity index (χ0v) is 19.2. The number of sulfone groups is 1. The molecule has 32 heavy (non-hydrogen) atoms. The Bertz CT molecular complexity index is 1220. The van der Waals surface area contributed by atoms with Gasteiger partial charge in [-0.15, -0.1) is 11.3 Å². The summed E-state index contributed by atoms with van der Waals surface area (Å²) in [5, 5.41) is 0.925. The van der Waals surface area contributed by atoms with Gasteiger partial charge in [-0.05, 0) is 43.5 Å². The number of benzene rings is 2. The molecule has 0 aliphatic carbocycles. The van der Waals surface area contributed by atoms with Gasteiger partial charge >= 0.3 is 0 Å². The lowest BCUT2D eigenvalue weighted by molar-refractivity contribution is -0.134. The third-order valence-corrected chi connectivity index (χ3v) is 8.73. The fourth-order valence-electron chi connectivity index (χ4n) is 4.22. The van der Waals surface area contributed by atoms with Crippen molar-refractivity contribution in [3.8, 4) is 11.5 Å². The standard InChI is InChI=1S/C23H24N2O5S2/c26-22(10-14-32(27,28)16-8-9-19-20(15-16)30-13-12-29-19)25-11-4-3-6-18(25)23-24-17-5-1-2-7-21(17)31-23/h1-2,5,7-9,15,18H,3-4,6,10-14H2/t18-/m1/s1. The van der Waals surface area contributed by atoms with Gasteiger partial charge in [0.1, 0.15) is 18.2 Å². The van der Waals surface area contributed by atoms with Gasteiger partial charge in [-0.25, -0.2) is 13.4 Å². The lowest BCUT2D eigenvalue weighted by Gasteiger charge is -2.34. The van der Waals surface area contributed by atoms with E-state index >= 15 is 0 Å². The first-order chi connectivity index (χ1) is 15.5. The SMILES string of the molecule is O=C(CCS(=O)(=O)c1ccc2c(c1)OCCO2)N1CCCC[C@@H]1c1nc2ccccc2s1. The van der Waals surface area contributed by atoms with Crippen LogP contribution in [0, 0.1) is 0 Å². The van der Waals surface area contributed by atoms with Crippen LogP contribution in [0.4, 0.5) is 0 Å². The summed E-state index contributed by atoms with van der Waals surface area (Å²) in [5.41, 5.74) is 0.937. The number of carbonyl (C=O) groups excluding carboxylic acids is 1. The summed E-state index contributed by atoms with van der Waals surface area (Å²) in [6, 6.07) is 12.5. The number of rotatable bonds is 5. The molecule has 0 bridgehead atoms. The molecule has 2 aliphatic heterocycles. The van der Waals surface area contributed by atoms with Crippen molar-refractivity contribution in [2.24, 2.45) is 0 Å². The van der Waals surface area contributed by atoms with Crippen molar-refractivity contribution >= 4 is 37.3 Å². The fraction of sp³-hybridized carbons (Fsp3) is 0.391. The zero-order valence-electron chi connectivity index (χ0n) is 17.5. The molecule has 3 heterocycles. The molecule has 0 spiro atoms. The smallest absolute Gasteiger partial charge is 0.224 e. The van der Waals surface area contributed by atoms with Crippen LogP contribution in [0.15, 0.2) is 47.4 Å². The highest BCUT2D eigenvalue weighted by molar-refractivity contribution is 7.91. The van der Waals surface area contributed by atoms with E-state index in [9.17, 15) is 13.2 Å². The summed E-state index contributed by atoms with van der Waals surface area (Å²) >= 11 is 1.61. The maximum Gasteiger partial charge on any atom is 0.224 e. The average molecular weight is 473 g/mol. The quantitative estimate of drug-likeness (QED) is 0.558. The normalized spacial score (nSPS) is 18.6. The summed E-state index contributed by atoms with van der Waals surface area (Å²) in [4.78, 5) is 19.8. The summed E-state index contributed by atoms with van der Waals surface area (Å²) in [7, 11) is -3.63. The second kappa shape index (κ2) is 8.71. The van der Waals surface area contributed by atoms with Crippen LogP contribution in [0.25, 0.3) is 10.2 Å². The van der Waals surface area contributed by atoms with Crippen LogP contribution in [-0.4, -0.2) is 49.7 Å². The number of piperidine rings is 1. The molecular weight excluding hydrogens is 448 g/mol. The van der Waals surface area contributed by atoms with Crippen molar-refractivity contribution in [3.05, 3.63) is 47.5 Å². The summed E-state index contributed by atoms with van der Waals surface area (Å²) in [5.74, 6) is 0.582. The van der Waals surface area contributed by atoms with E-state index in [1.165, 1.54) is 12.1 Å². The van der Waals surface area contributed by atoms with E-state index in [1.54, 1.807) is 17.4 Å². The highest BCUT2D eigenvalue weighted by Crippen LogP contribution is 2.36. The Kier molecular flexibility index (Phi) is 5.77. The molecule has 1 fully saturated rings. The molecule has 0 N–H and O–H groups in total. The molecule has 1 atom stereocenters. The van der Waals surface area contributed by atoms with Gasteiger partial charge in [0.15, 0.2) is 21.3 Å². The zero-order chi connectivity index (χ0) is 22.1. The van der Waals surface area contributed by atoms with Crippen LogP contribution in [0.2, 0.25) is 0 Å². The van der Waals surface area contributed by atoms with Crippen LogP contribution in [0.5, 0.6) is 11.5 Å². The van der Waals surface area contributed by atoms with Crippen molar-refractivity contribution in [3.63, 3.8) is 0 Å². The fourth-order valence-corrected chi connectivity index (χ4v) is 6.58. The molecule has 0 saturated carbocycles. The maximum absolute atomic E-state index is 13.1. The second-order valence-corrected chi connectivity index (χ2v) is 11.2. The number of nitrogens with zero attached hydrogens (tertiary/aromatic N) is 2. The Hall–Kier alpha value is -2.65. The highest BCUT2D eigenvalue weighted by atomic mass is 32.2. The van der Waals surface area contributed by atoms with Crippen LogP contribution < -0.4 is 9.47 Å². The molecular formula is C23H24N2O5S2. The summed E-state index contributed by atoms with van der Waals surface area (Å²) < 4.78 is 37.8. The molecule has 2 aliphatic rings. The molecule has 0 radical (unpaired) electrons. The number of aromatic nitrogens is 1. The summed E-state index contributed by atoms with van der Waals surface area (Å²) in [6.07, 6.45) is 2.74. The van der Waals surface area contributed by atoms with E-state index in [-0.39, 0.29) is 29.0 Å². The Balaban J connectivity index is 1.30. The Labute approximate surface area is 190 Å². The van der Waals surface area contributed by atoms with E-state index in [2.05, 4.69) is 0 Å². The van der Waals surface area contributed by atoms with Crippen molar-refractivity contribution in [1.29, 1.82) is 0 Å². The van der Waals surface area contributed by atoms with Gasteiger partial charge in [0, 0.05) is 19.0 Å². The molecule has 1 amide bonds. The molecule has 2 aromatic carbocycles. The van der Waals surface area contributed by atoms with E-state index in [4.69, 9.17) is 14.5 Å². The number of likely N-dealkylation sites (tertiary alicyclic amines) is 1. The molecule has 7 nitrogen and oxygen atoms in total.